The molecule has 3 aromatic rings. The highest BCUT2D eigenvalue weighted by Crippen LogP contribution is 2.51. The lowest BCUT2D eigenvalue weighted by molar-refractivity contribution is 0.440. The fourth-order valence-electron chi connectivity index (χ4n) is 3.18. The summed E-state index contributed by atoms with van der Waals surface area (Å²) in [6.45, 7) is 0. The molecule has 1 unspecified atom stereocenters. The predicted octanol–water partition coefficient (Wildman–Crippen LogP) is 5.89. The topological polar surface area (TPSA) is 94.8 Å². The number of phenols is 2. The molecule has 3 N–H and O–H groups in total. The fraction of sp³-hybridized carbons (Fsp3) is 0.0526. The smallest absolute Gasteiger partial charge is 0.283 e. The molecule has 0 spiro atoms. The van der Waals surface area contributed by atoms with Gasteiger partial charge in [-0.15, -0.1) is 0 Å². The predicted molar refractivity (Wildman–Crippen MR) is 114 cm³/mol. The fourth-order valence-corrected chi connectivity index (χ4v) is 5.43. The normalized spacial score (nSPS) is 13.8. The maximum atomic E-state index is 12.9. The lowest BCUT2D eigenvalue weighted by Crippen LogP contribution is -2.38. The largest absolute Gasteiger partial charge is 0.508 e. The number of rotatable bonds is 4. The van der Waals surface area contributed by atoms with E-state index in [0.717, 1.165) is 0 Å². The molecule has 5 nitrogen and oxygen atoms in total. The molecule has 0 aromatic heterocycles. The molecule has 1 atom stereocenters. The van der Waals surface area contributed by atoms with E-state index in [1.807, 2.05) is 0 Å². The maximum absolute atomic E-state index is 12.9. The Morgan fingerprint density at radius 3 is 1.90 bits per heavy atom. The molecule has 0 saturated carbocycles. The molecule has 3 rings (SSSR count). The van der Waals surface area contributed by atoms with Gasteiger partial charge in [-0.05, 0) is 35.9 Å². The third-order valence-electron chi connectivity index (χ3n) is 4.42. The average Bonchev–Trinajstić information content (AvgIpc) is 2.63. The van der Waals surface area contributed by atoms with Gasteiger partial charge in [0, 0.05) is 21.2 Å². The lowest BCUT2D eigenvalue weighted by atomic mass is 9.83. The monoisotopic (exact) mass is 492 g/mol. The maximum Gasteiger partial charge on any atom is 0.283 e. The molecule has 29 heavy (non-hydrogen) atoms. The highest BCUT2D eigenvalue weighted by molar-refractivity contribution is 7.87. The van der Waals surface area contributed by atoms with Gasteiger partial charge >= 0.3 is 0 Å². The summed E-state index contributed by atoms with van der Waals surface area (Å²) in [6.07, 6.45) is 0. The number of benzene rings is 3. The van der Waals surface area contributed by atoms with Crippen LogP contribution < -0.4 is 0 Å². The van der Waals surface area contributed by atoms with Gasteiger partial charge in [-0.2, -0.15) is 8.42 Å². The van der Waals surface area contributed by atoms with Gasteiger partial charge in [0.05, 0.1) is 5.02 Å². The van der Waals surface area contributed by atoms with Gasteiger partial charge < -0.3 is 10.2 Å². The van der Waals surface area contributed by atoms with Crippen LogP contribution in [0.3, 0.4) is 0 Å². The van der Waals surface area contributed by atoms with E-state index in [2.05, 4.69) is 0 Å². The summed E-state index contributed by atoms with van der Waals surface area (Å²) in [5, 5.41) is 20.2. The number of hydrogen-bond donors (Lipinski definition) is 3. The van der Waals surface area contributed by atoms with Crippen molar-refractivity contribution in [1.82, 2.24) is 0 Å². The number of halogens is 4. The molecule has 0 heterocycles. The zero-order valence-corrected chi connectivity index (χ0v) is 18.1. The molecule has 152 valence electrons. The van der Waals surface area contributed by atoms with Gasteiger partial charge in [-0.1, -0.05) is 70.7 Å². The van der Waals surface area contributed by atoms with E-state index in [9.17, 15) is 23.2 Å². The minimum atomic E-state index is -5.06. The Morgan fingerprint density at radius 2 is 1.34 bits per heavy atom. The molecular weight excluding hydrogens is 482 g/mol. The Labute approximate surface area is 186 Å². The van der Waals surface area contributed by atoms with Gasteiger partial charge in [0.25, 0.3) is 10.1 Å². The van der Waals surface area contributed by atoms with Crippen LogP contribution in [-0.2, 0) is 14.9 Å². The Kier molecular flexibility index (Phi) is 5.98. The molecule has 0 bridgehead atoms. The van der Waals surface area contributed by atoms with Gasteiger partial charge in [-0.3, -0.25) is 4.55 Å². The summed E-state index contributed by atoms with van der Waals surface area (Å²) < 4.78 is 33.9. The lowest BCUT2D eigenvalue weighted by Gasteiger charge is -2.34. The zero-order valence-electron chi connectivity index (χ0n) is 14.3. The summed E-state index contributed by atoms with van der Waals surface area (Å²) in [5.74, 6) is -0.797. The quantitative estimate of drug-likeness (QED) is 0.311. The van der Waals surface area contributed by atoms with Crippen molar-refractivity contribution in [2.75, 3.05) is 0 Å². The van der Waals surface area contributed by atoms with Gasteiger partial charge in [0.2, 0.25) is 0 Å². The average molecular weight is 494 g/mol. The highest BCUT2D eigenvalue weighted by Gasteiger charge is 2.51. The van der Waals surface area contributed by atoms with E-state index in [-0.39, 0.29) is 42.5 Å². The first kappa shape index (κ1) is 22.0. The third-order valence-corrected chi connectivity index (χ3v) is 7.21. The number of hydrogen-bond acceptors (Lipinski definition) is 4. The van der Waals surface area contributed by atoms with Crippen LogP contribution in [-0.4, -0.2) is 23.2 Å². The second-order valence-electron chi connectivity index (χ2n) is 6.08. The summed E-state index contributed by atoms with van der Waals surface area (Å²) >= 11 is 24.3. The van der Waals surface area contributed by atoms with Crippen LogP contribution in [0.1, 0.15) is 16.7 Å². The Hall–Kier alpha value is -1.67. The SMILES string of the molecule is O=S(=O)(O)C(c1ccc(O)cc1)(c1ccc(Cl)cc1Cl)c1ccc(Cl)c(Cl)c1O. The molecule has 10 heteroatoms. The van der Waals surface area contributed by atoms with Crippen molar-refractivity contribution in [1.29, 1.82) is 0 Å². The summed E-state index contributed by atoms with van der Waals surface area (Å²) in [7, 11) is -5.06. The molecule has 0 amide bonds. The van der Waals surface area contributed by atoms with E-state index in [4.69, 9.17) is 46.4 Å². The van der Waals surface area contributed by atoms with E-state index >= 15 is 0 Å². The van der Waals surface area contributed by atoms with Crippen LogP contribution in [0, 0.1) is 0 Å². The van der Waals surface area contributed by atoms with Crippen LogP contribution >= 0.6 is 46.4 Å². The minimum Gasteiger partial charge on any atom is -0.508 e. The first-order valence-electron chi connectivity index (χ1n) is 7.89. The third kappa shape index (κ3) is 3.65. The Bertz CT molecular complexity index is 1200. The molecule has 0 aliphatic rings. The summed E-state index contributed by atoms with van der Waals surface area (Å²) in [4.78, 5) is 0. The molecular formula is C19H12Cl4O5S. The van der Waals surface area contributed by atoms with Gasteiger partial charge in [-0.25, -0.2) is 0 Å². The van der Waals surface area contributed by atoms with E-state index < -0.39 is 20.6 Å². The van der Waals surface area contributed by atoms with Gasteiger partial charge in [0.15, 0.2) is 4.75 Å². The number of phenolic OH excluding ortho intramolecular Hbond substituents is 2. The van der Waals surface area contributed by atoms with Crippen molar-refractivity contribution in [2.45, 2.75) is 4.75 Å². The van der Waals surface area contributed by atoms with Crippen LogP contribution in [0.2, 0.25) is 20.1 Å². The Morgan fingerprint density at radius 1 is 0.759 bits per heavy atom. The first-order chi connectivity index (χ1) is 13.5. The standard InChI is InChI=1S/C19H12Cl4O5S/c20-11-3-6-13(16(22)9-11)19(29(26,27)28,10-1-4-12(24)5-2-10)14-7-8-15(21)17(23)18(14)25/h1-9,24-25H,(H,26,27,28). The van der Waals surface area contributed by atoms with E-state index in [1.165, 1.54) is 54.6 Å². The van der Waals surface area contributed by atoms with E-state index in [0.29, 0.717) is 0 Å². The van der Waals surface area contributed by atoms with Crippen LogP contribution in [0.25, 0.3) is 0 Å². The molecule has 3 aromatic carbocycles. The van der Waals surface area contributed by atoms with Gasteiger partial charge in [0.1, 0.15) is 16.5 Å². The van der Waals surface area contributed by atoms with Crippen LogP contribution in [0.4, 0.5) is 0 Å². The molecule has 0 fully saturated rings. The van der Waals surface area contributed by atoms with Crippen molar-refractivity contribution in [3.8, 4) is 11.5 Å². The first-order valence-corrected chi connectivity index (χ1v) is 10.8. The van der Waals surface area contributed by atoms with Crippen molar-refractivity contribution >= 4 is 56.5 Å². The highest BCUT2D eigenvalue weighted by atomic mass is 35.5. The molecule has 0 saturated heterocycles. The second-order valence-corrected chi connectivity index (χ2v) is 9.28. The van der Waals surface area contributed by atoms with Crippen molar-refractivity contribution in [3.63, 3.8) is 0 Å². The number of aromatic hydroxyl groups is 2. The molecule has 0 radical (unpaired) electrons. The zero-order chi connectivity index (χ0) is 21.6. The molecule has 0 aliphatic carbocycles. The summed E-state index contributed by atoms with van der Waals surface area (Å²) in [6, 6.07) is 11.5. The minimum absolute atomic E-state index is 0.0179. The van der Waals surface area contributed by atoms with Crippen LogP contribution in [0.15, 0.2) is 54.6 Å². The van der Waals surface area contributed by atoms with Crippen LogP contribution in [0.5, 0.6) is 11.5 Å². The van der Waals surface area contributed by atoms with Crippen molar-refractivity contribution in [3.05, 3.63) is 91.4 Å². The Balaban J connectivity index is 2.59. The van der Waals surface area contributed by atoms with Crippen molar-refractivity contribution < 1.29 is 23.2 Å². The molecule has 0 aliphatic heterocycles. The van der Waals surface area contributed by atoms with Crippen molar-refractivity contribution in [2.24, 2.45) is 0 Å². The van der Waals surface area contributed by atoms with E-state index in [1.54, 1.807) is 0 Å². The second kappa shape index (κ2) is 7.87. The summed E-state index contributed by atoms with van der Waals surface area (Å²) in [5.41, 5.74) is -0.398.